The molecule has 78 valence electrons. The van der Waals surface area contributed by atoms with Crippen LogP contribution in [0.2, 0.25) is 0 Å². The fourth-order valence-corrected chi connectivity index (χ4v) is 3.42. The van der Waals surface area contributed by atoms with Gasteiger partial charge in [-0.15, -0.1) is 0 Å². The van der Waals surface area contributed by atoms with Gasteiger partial charge in [-0.25, -0.2) is 0 Å². The van der Waals surface area contributed by atoms with Crippen molar-refractivity contribution in [1.29, 1.82) is 0 Å². The number of benzene rings is 1. The lowest BCUT2D eigenvalue weighted by molar-refractivity contribution is 0.496. The maximum atomic E-state index is 11.7. The molecule has 14 heavy (non-hydrogen) atoms. The fraction of sp³-hybridized carbons (Fsp3) is 0.455. The fourth-order valence-electron chi connectivity index (χ4n) is 1.82. The van der Waals surface area contributed by atoms with E-state index in [9.17, 15) is 9.46 Å². The molecule has 2 nitrogen and oxygen atoms in total. The van der Waals surface area contributed by atoms with Crippen LogP contribution in [-0.2, 0) is 4.57 Å². The number of hydrogen-bond acceptors (Lipinski definition) is 1. The molecular formula is C11H17O2P. The van der Waals surface area contributed by atoms with Gasteiger partial charge in [-0.2, -0.15) is 0 Å². The molecule has 0 aliphatic heterocycles. The Morgan fingerprint density at radius 1 is 1.07 bits per heavy atom. The maximum absolute atomic E-state index is 11.7. The summed E-state index contributed by atoms with van der Waals surface area (Å²) >= 11 is 0. The van der Waals surface area contributed by atoms with Crippen LogP contribution in [0.3, 0.4) is 0 Å². The standard InChI is InChI=1S/C11H17O2P/c1-7-6-8(2)10(4)11(9(7)3)14(5,12)13/h6H,1-5H3,(H,12,13). The molecule has 0 heterocycles. The SMILES string of the molecule is Cc1cc(C)c(C)c(P(C)(=O)O)c1C. The Kier molecular flexibility index (Phi) is 2.89. The van der Waals surface area contributed by atoms with E-state index in [2.05, 4.69) is 6.07 Å². The molecule has 1 atom stereocenters. The second kappa shape index (κ2) is 3.52. The minimum atomic E-state index is -3.15. The summed E-state index contributed by atoms with van der Waals surface area (Å²) in [6.07, 6.45) is 0. The molecule has 0 radical (unpaired) electrons. The molecule has 1 unspecified atom stereocenters. The third kappa shape index (κ3) is 1.92. The molecule has 1 aromatic rings. The Morgan fingerprint density at radius 3 is 1.71 bits per heavy atom. The van der Waals surface area contributed by atoms with E-state index in [0.717, 1.165) is 22.3 Å². The van der Waals surface area contributed by atoms with Crippen molar-refractivity contribution in [2.45, 2.75) is 27.7 Å². The Hall–Kier alpha value is -0.590. The number of rotatable bonds is 1. The second-order valence-electron chi connectivity index (χ2n) is 3.99. The predicted octanol–water partition coefficient (Wildman–Crippen LogP) is 2.45. The molecule has 0 saturated carbocycles. The summed E-state index contributed by atoms with van der Waals surface area (Å²) in [6, 6.07) is 2.06. The van der Waals surface area contributed by atoms with Crippen LogP contribution >= 0.6 is 7.37 Å². The summed E-state index contributed by atoms with van der Waals surface area (Å²) < 4.78 is 11.7. The van der Waals surface area contributed by atoms with Gasteiger partial charge in [-0.3, -0.25) is 4.57 Å². The minimum absolute atomic E-state index is 0.634. The molecule has 0 amide bonds. The number of hydrogen-bond donors (Lipinski definition) is 1. The van der Waals surface area contributed by atoms with E-state index in [-0.39, 0.29) is 0 Å². The quantitative estimate of drug-likeness (QED) is 0.726. The Labute approximate surface area is 85.4 Å². The monoisotopic (exact) mass is 212 g/mol. The van der Waals surface area contributed by atoms with Crippen molar-refractivity contribution in [2.75, 3.05) is 6.66 Å². The largest absolute Gasteiger partial charge is 0.341 e. The Morgan fingerprint density at radius 2 is 1.43 bits per heavy atom. The van der Waals surface area contributed by atoms with Crippen LogP contribution in [0.15, 0.2) is 6.07 Å². The van der Waals surface area contributed by atoms with E-state index in [1.54, 1.807) is 0 Å². The lowest BCUT2D eigenvalue weighted by atomic mass is 10.0. The summed E-state index contributed by atoms with van der Waals surface area (Å²) in [5.41, 5.74) is 4.06. The molecule has 0 bridgehead atoms. The van der Waals surface area contributed by atoms with Gasteiger partial charge >= 0.3 is 0 Å². The summed E-state index contributed by atoms with van der Waals surface area (Å²) in [7, 11) is -3.15. The molecule has 1 rings (SSSR count). The van der Waals surface area contributed by atoms with Gasteiger partial charge in [0.05, 0.1) is 0 Å². The first-order valence-corrected chi connectivity index (χ1v) is 6.74. The Balaban J connectivity index is 3.65. The van der Waals surface area contributed by atoms with E-state index in [0.29, 0.717) is 5.30 Å². The van der Waals surface area contributed by atoms with E-state index in [1.807, 2.05) is 27.7 Å². The summed E-state index contributed by atoms with van der Waals surface area (Å²) in [5, 5.41) is 0.634. The van der Waals surface area contributed by atoms with Crippen LogP contribution in [0.4, 0.5) is 0 Å². The molecule has 0 aliphatic carbocycles. The highest BCUT2D eigenvalue weighted by Gasteiger charge is 2.21. The first kappa shape index (κ1) is 11.5. The third-order valence-corrected chi connectivity index (χ3v) is 4.24. The second-order valence-corrected chi connectivity index (χ2v) is 6.19. The van der Waals surface area contributed by atoms with Gasteiger partial charge in [0, 0.05) is 12.0 Å². The molecule has 0 aromatic heterocycles. The first-order valence-electron chi connectivity index (χ1n) is 4.63. The lowest BCUT2D eigenvalue weighted by Crippen LogP contribution is -2.15. The molecule has 0 aliphatic rings. The van der Waals surface area contributed by atoms with Crippen molar-refractivity contribution < 1.29 is 9.46 Å². The molecule has 0 saturated heterocycles. The zero-order valence-electron chi connectivity index (χ0n) is 9.38. The van der Waals surface area contributed by atoms with Crippen molar-refractivity contribution in [2.24, 2.45) is 0 Å². The highest BCUT2D eigenvalue weighted by Crippen LogP contribution is 2.38. The van der Waals surface area contributed by atoms with Crippen molar-refractivity contribution in [1.82, 2.24) is 0 Å². The van der Waals surface area contributed by atoms with Gasteiger partial charge in [-0.1, -0.05) is 6.07 Å². The summed E-state index contributed by atoms with van der Waals surface area (Å²) in [4.78, 5) is 9.66. The molecular weight excluding hydrogens is 195 g/mol. The van der Waals surface area contributed by atoms with Crippen LogP contribution in [0, 0.1) is 27.7 Å². The minimum Gasteiger partial charge on any atom is -0.341 e. The van der Waals surface area contributed by atoms with Crippen LogP contribution in [0.25, 0.3) is 0 Å². The smallest absolute Gasteiger partial charge is 0.227 e. The van der Waals surface area contributed by atoms with Crippen molar-refractivity contribution >= 4 is 12.7 Å². The normalized spacial score (nSPS) is 15.3. The molecule has 0 spiro atoms. The zero-order valence-corrected chi connectivity index (χ0v) is 10.3. The first-order chi connectivity index (χ1) is 6.25. The van der Waals surface area contributed by atoms with E-state index >= 15 is 0 Å². The highest BCUT2D eigenvalue weighted by atomic mass is 31.2. The lowest BCUT2D eigenvalue weighted by Gasteiger charge is -2.17. The third-order valence-electron chi connectivity index (χ3n) is 2.74. The van der Waals surface area contributed by atoms with Crippen LogP contribution < -0.4 is 5.30 Å². The molecule has 1 aromatic carbocycles. The summed E-state index contributed by atoms with van der Waals surface area (Å²) in [5.74, 6) is 0. The van der Waals surface area contributed by atoms with Gasteiger partial charge in [0.1, 0.15) is 0 Å². The van der Waals surface area contributed by atoms with Gasteiger partial charge < -0.3 is 4.89 Å². The van der Waals surface area contributed by atoms with Crippen molar-refractivity contribution in [3.05, 3.63) is 28.3 Å². The summed E-state index contributed by atoms with van der Waals surface area (Å²) in [6.45, 7) is 9.16. The van der Waals surface area contributed by atoms with Gasteiger partial charge in [0.2, 0.25) is 7.37 Å². The molecule has 1 N–H and O–H groups in total. The zero-order chi connectivity index (χ0) is 11.1. The van der Waals surface area contributed by atoms with Crippen LogP contribution in [0.1, 0.15) is 22.3 Å². The predicted molar refractivity (Wildman–Crippen MR) is 60.8 cm³/mol. The van der Waals surface area contributed by atoms with Crippen molar-refractivity contribution in [3.63, 3.8) is 0 Å². The van der Waals surface area contributed by atoms with E-state index < -0.39 is 7.37 Å². The van der Waals surface area contributed by atoms with Crippen LogP contribution in [0.5, 0.6) is 0 Å². The van der Waals surface area contributed by atoms with Gasteiger partial charge in [0.15, 0.2) is 0 Å². The van der Waals surface area contributed by atoms with Crippen molar-refractivity contribution in [3.8, 4) is 0 Å². The number of aryl methyl sites for hydroxylation is 2. The van der Waals surface area contributed by atoms with E-state index in [4.69, 9.17) is 0 Å². The highest BCUT2D eigenvalue weighted by molar-refractivity contribution is 7.65. The van der Waals surface area contributed by atoms with Gasteiger partial charge in [0.25, 0.3) is 0 Å². The molecule has 0 fully saturated rings. The average Bonchev–Trinajstić information content (AvgIpc) is 1.98. The maximum Gasteiger partial charge on any atom is 0.227 e. The Bertz CT molecular complexity index is 390. The topological polar surface area (TPSA) is 37.3 Å². The van der Waals surface area contributed by atoms with Gasteiger partial charge in [-0.05, 0) is 49.9 Å². The molecule has 3 heteroatoms. The van der Waals surface area contributed by atoms with E-state index in [1.165, 1.54) is 6.66 Å². The average molecular weight is 212 g/mol. The van der Waals surface area contributed by atoms with Crippen LogP contribution in [-0.4, -0.2) is 11.6 Å².